The second-order valence-corrected chi connectivity index (χ2v) is 8.27. The Morgan fingerprint density at radius 1 is 1.16 bits per heavy atom. The molecule has 0 aromatic heterocycles. The number of nitrogens with zero attached hydrogens (tertiary/aromatic N) is 2. The average Bonchev–Trinajstić information content (AvgIpc) is 2.99. The van der Waals surface area contributed by atoms with Crippen LogP contribution in [0.4, 0.5) is 5.69 Å². The van der Waals surface area contributed by atoms with E-state index in [2.05, 4.69) is 20.9 Å². The van der Waals surface area contributed by atoms with Gasteiger partial charge in [-0.2, -0.15) is 0 Å². The molecular formula is C22H21BrN2O5S. The monoisotopic (exact) mass is 504 g/mol. The fourth-order valence-corrected chi connectivity index (χ4v) is 4.24. The third-order valence-electron chi connectivity index (χ3n) is 4.29. The number of likely N-dealkylation sites (N-methyl/N-ethyl adjacent to an activating group) is 1. The van der Waals surface area contributed by atoms with E-state index in [4.69, 9.17) is 14.6 Å². The highest BCUT2D eigenvalue weighted by Crippen LogP contribution is 2.38. The van der Waals surface area contributed by atoms with E-state index in [0.29, 0.717) is 40.5 Å². The van der Waals surface area contributed by atoms with Crippen molar-refractivity contribution in [3.8, 4) is 11.5 Å². The zero-order valence-corrected chi connectivity index (χ0v) is 19.6. The van der Waals surface area contributed by atoms with E-state index in [0.717, 1.165) is 10.0 Å². The van der Waals surface area contributed by atoms with Crippen molar-refractivity contribution in [2.75, 3.05) is 20.3 Å². The molecule has 0 saturated carbocycles. The second kappa shape index (κ2) is 10.0. The number of rotatable bonds is 7. The molecule has 3 rings (SSSR count). The molecule has 0 atom stereocenters. The molecule has 0 radical (unpaired) electrons. The summed E-state index contributed by atoms with van der Waals surface area (Å²) in [5.41, 5.74) is 1.48. The summed E-state index contributed by atoms with van der Waals surface area (Å²) in [6, 6.07) is 9.83. The highest BCUT2D eigenvalue weighted by molar-refractivity contribution is 9.10. The summed E-state index contributed by atoms with van der Waals surface area (Å²) in [6.45, 7) is 4.80. The van der Waals surface area contributed by atoms with Gasteiger partial charge in [0, 0.05) is 18.7 Å². The first-order valence-electron chi connectivity index (χ1n) is 9.52. The molecule has 1 amide bonds. The van der Waals surface area contributed by atoms with Gasteiger partial charge in [0.15, 0.2) is 5.17 Å². The highest BCUT2D eigenvalue weighted by Gasteiger charge is 2.30. The molecular weight excluding hydrogens is 484 g/mol. The Labute approximate surface area is 192 Å². The quantitative estimate of drug-likeness (QED) is 0.522. The van der Waals surface area contributed by atoms with Crippen molar-refractivity contribution in [2.24, 2.45) is 4.99 Å². The van der Waals surface area contributed by atoms with Gasteiger partial charge < -0.3 is 14.6 Å². The number of amides is 1. The van der Waals surface area contributed by atoms with Gasteiger partial charge in [-0.05, 0) is 77.9 Å². The minimum Gasteiger partial charge on any atom is -0.493 e. The number of aliphatic imine (C=N–C) groups is 1. The average molecular weight is 505 g/mol. The number of carbonyl (C=O) groups is 2. The van der Waals surface area contributed by atoms with Crippen molar-refractivity contribution in [1.82, 2.24) is 4.90 Å². The van der Waals surface area contributed by atoms with Crippen LogP contribution in [0, 0.1) is 0 Å². The lowest BCUT2D eigenvalue weighted by molar-refractivity contribution is -0.121. The molecule has 2 aromatic rings. The lowest BCUT2D eigenvalue weighted by Crippen LogP contribution is -2.23. The number of amidine groups is 1. The maximum Gasteiger partial charge on any atom is 0.335 e. The molecule has 1 fully saturated rings. The molecule has 1 aliphatic rings. The number of carboxylic acid groups (broad SMARTS) is 1. The number of ether oxygens (including phenoxy) is 2. The summed E-state index contributed by atoms with van der Waals surface area (Å²) in [5.74, 6) is 0.104. The van der Waals surface area contributed by atoms with Gasteiger partial charge in [-0.15, -0.1) is 0 Å². The Bertz CT molecular complexity index is 1070. The smallest absolute Gasteiger partial charge is 0.335 e. The van der Waals surface area contributed by atoms with Gasteiger partial charge in [-0.3, -0.25) is 9.69 Å². The number of halogens is 1. The third-order valence-corrected chi connectivity index (χ3v) is 5.97. The third kappa shape index (κ3) is 5.29. The van der Waals surface area contributed by atoms with E-state index < -0.39 is 5.97 Å². The number of hydrogen-bond acceptors (Lipinski definition) is 6. The van der Waals surface area contributed by atoms with Crippen LogP contribution in [0.2, 0.25) is 0 Å². The van der Waals surface area contributed by atoms with E-state index in [9.17, 15) is 9.59 Å². The van der Waals surface area contributed by atoms with Gasteiger partial charge in [-0.25, -0.2) is 9.79 Å². The number of hydrogen-bond donors (Lipinski definition) is 1. The zero-order valence-electron chi connectivity index (χ0n) is 17.2. The summed E-state index contributed by atoms with van der Waals surface area (Å²) in [4.78, 5) is 30.2. The van der Waals surface area contributed by atoms with Crippen LogP contribution in [-0.4, -0.2) is 47.3 Å². The fourth-order valence-electron chi connectivity index (χ4n) is 2.79. The summed E-state index contributed by atoms with van der Waals surface area (Å²) in [7, 11) is 1.65. The maximum absolute atomic E-state index is 12.8. The van der Waals surface area contributed by atoms with Crippen LogP contribution < -0.4 is 9.47 Å². The molecule has 162 valence electrons. The normalized spacial score (nSPS) is 16.3. The van der Waals surface area contributed by atoms with Crippen LogP contribution >= 0.6 is 27.7 Å². The largest absolute Gasteiger partial charge is 0.493 e. The van der Waals surface area contributed by atoms with Gasteiger partial charge >= 0.3 is 5.97 Å². The number of benzene rings is 2. The fraction of sp³-hybridized carbons (Fsp3) is 0.227. The molecule has 2 aromatic carbocycles. The van der Waals surface area contributed by atoms with Crippen molar-refractivity contribution in [3.63, 3.8) is 0 Å². The molecule has 9 heteroatoms. The lowest BCUT2D eigenvalue weighted by atomic mass is 10.1. The van der Waals surface area contributed by atoms with Crippen LogP contribution in [0.3, 0.4) is 0 Å². The molecule has 0 spiro atoms. The Morgan fingerprint density at radius 3 is 2.42 bits per heavy atom. The molecule has 0 aliphatic carbocycles. The molecule has 0 bridgehead atoms. The van der Waals surface area contributed by atoms with Crippen molar-refractivity contribution in [3.05, 3.63) is 56.9 Å². The SMILES string of the molecule is CCOc1cc(OCC)c(C=C2SC(=Nc3ccc(C(=O)O)cc3)N(C)C2=O)cc1Br. The Kier molecular flexibility index (Phi) is 7.40. The predicted molar refractivity (Wildman–Crippen MR) is 125 cm³/mol. The first kappa shape index (κ1) is 22.9. The van der Waals surface area contributed by atoms with Crippen LogP contribution in [0.15, 0.2) is 50.8 Å². The number of carboxylic acids is 1. The van der Waals surface area contributed by atoms with Crippen LogP contribution in [0.5, 0.6) is 11.5 Å². The van der Waals surface area contributed by atoms with Crippen molar-refractivity contribution in [2.45, 2.75) is 13.8 Å². The van der Waals surface area contributed by atoms with Gasteiger partial charge in [0.05, 0.1) is 33.8 Å². The second-order valence-electron chi connectivity index (χ2n) is 6.41. The lowest BCUT2D eigenvalue weighted by Gasteiger charge is -2.12. The molecule has 1 heterocycles. The predicted octanol–water partition coefficient (Wildman–Crippen LogP) is 5.18. The van der Waals surface area contributed by atoms with Gasteiger partial charge in [0.25, 0.3) is 5.91 Å². The number of carbonyl (C=O) groups excluding carboxylic acids is 1. The highest BCUT2D eigenvalue weighted by atomic mass is 79.9. The zero-order chi connectivity index (χ0) is 22.5. The summed E-state index contributed by atoms with van der Waals surface area (Å²) < 4.78 is 12.1. The standard InChI is InChI=1S/C22H21BrN2O5S/c1-4-29-17-12-18(30-5-2)16(23)10-14(17)11-19-20(26)25(3)22(31-19)24-15-8-6-13(7-9-15)21(27)28/h6-12H,4-5H2,1-3H3,(H,27,28). The topological polar surface area (TPSA) is 88.4 Å². The van der Waals surface area contributed by atoms with Crippen molar-refractivity contribution < 1.29 is 24.2 Å². The van der Waals surface area contributed by atoms with Crippen LogP contribution in [-0.2, 0) is 4.79 Å². The Hall–Kier alpha value is -2.78. The first-order valence-corrected chi connectivity index (χ1v) is 11.1. The van der Waals surface area contributed by atoms with E-state index in [-0.39, 0.29) is 11.5 Å². The van der Waals surface area contributed by atoms with Gasteiger partial charge in [0.2, 0.25) is 0 Å². The minimum absolute atomic E-state index is 0.178. The molecule has 0 unspecified atom stereocenters. The van der Waals surface area contributed by atoms with Crippen LogP contribution in [0.25, 0.3) is 6.08 Å². The molecule has 1 saturated heterocycles. The van der Waals surface area contributed by atoms with E-state index in [1.807, 2.05) is 19.9 Å². The van der Waals surface area contributed by atoms with Gasteiger partial charge in [-0.1, -0.05) is 0 Å². The van der Waals surface area contributed by atoms with E-state index in [1.165, 1.54) is 28.8 Å². The Balaban J connectivity index is 1.92. The number of aromatic carboxylic acids is 1. The van der Waals surface area contributed by atoms with Crippen LogP contribution in [0.1, 0.15) is 29.8 Å². The number of thioether (sulfide) groups is 1. The van der Waals surface area contributed by atoms with E-state index in [1.54, 1.807) is 31.3 Å². The molecule has 1 N–H and O–H groups in total. The van der Waals surface area contributed by atoms with Gasteiger partial charge in [0.1, 0.15) is 11.5 Å². The summed E-state index contributed by atoms with van der Waals surface area (Å²) >= 11 is 4.75. The Morgan fingerprint density at radius 2 is 1.81 bits per heavy atom. The van der Waals surface area contributed by atoms with E-state index >= 15 is 0 Å². The molecule has 1 aliphatic heterocycles. The summed E-state index contributed by atoms with van der Waals surface area (Å²) in [5, 5.41) is 9.52. The summed E-state index contributed by atoms with van der Waals surface area (Å²) in [6.07, 6.45) is 1.77. The maximum atomic E-state index is 12.8. The molecule has 31 heavy (non-hydrogen) atoms. The van der Waals surface area contributed by atoms with Crippen molar-refractivity contribution >= 4 is 56.5 Å². The van der Waals surface area contributed by atoms with Crippen molar-refractivity contribution in [1.29, 1.82) is 0 Å². The molecule has 7 nitrogen and oxygen atoms in total. The minimum atomic E-state index is -1.00. The first-order chi connectivity index (χ1) is 14.8.